The topological polar surface area (TPSA) is 68.2 Å². The van der Waals surface area contributed by atoms with Crippen LogP contribution >= 0.6 is 0 Å². The summed E-state index contributed by atoms with van der Waals surface area (Å²) in [7, 11) is 0. The van der Waals surface area contributed by atoms with Gasteiger partial charge in [0.2, 0.25) is 6.10 Å². The van der Waals surface area contributed by atoms with E-state index in [-0.39, 0.29) is 12.5 Å². The first-order valence-corrected chi connectivity index (χ1v) is 13.1. The third-order valence-electron chi connectivity index (χ3n) is 6.77. The van der Waals surface area contributed by atoms with Gasteiger partial charge in [0.05, 0.1) is 29.0 Å². The quantitative estimate of drug-likeness (QED) is 0.251. The number of benzene rings is 3. The van der Waals surface area contributed by atoms with Gasteiger partial charge in [-0.05, 0) is 82.0 Å². The standard InChI is InChI=1S/C31H31F3N2O4/c1-4-39-28(37)27(22-10-6-5-7-11-22)40-25-19-13-21(14-20-25)9-8-12-26-30(2,3)29(38)36(35-26)24-17-15-23(16-18-24)31(32,33)34/h5-7,10-11,13-20,27H,4,8-9,12H2,1-3H3. The van der Waals surface area contributed by atoms with Crippen molar-refractivity contribution < 1.29 is 32.2 Å². The lowest BCUT2D eigenvalue weighted by molar-refractivity contribution is -0.151. The van der Waals surface area contributed by atoms with Crippen molar-refractivity contribution >= 4 is 23.3 Å². The molecular weight excluding hydrogens is 521 g/mol. The highest BCUT2D eigenvalue weighted by Gasteiger charge is 2.43. The molecule has 4 rings (SSSR count). The Labute approximate surface area is 231 Å². The number of halogens is 3. The molecule has 1 heterocycles. The number of amides is 1. The molecule has 1 atom stereocenters. The van der Waals surface area contributed by atoms with Gasteiger partial charge in [0, 0.05) is 5.56 Å². The molecular formula is C31H31F3N2O4. The Bertz CT molecular complexity index is 1350. The van der Waals surface area contributed by atoms with Crippen LogP contribution in [0.5, 0.6) is 5.75 Å². The maximum absolute atomic E-state index is 13.0. The molecule has 3 aromatic rings. The summed E-state index contributed by atoms with van der Waals surface area (Å²) in [5, 5.41) is 5.67. The molecule has 1 unspecified atom stereocenters. The van der Waals surface area contributed by atoms with Crippen LogP contribution in [0, 0.1) is 5.41 Å². The first kappa shape index (κ1) is 28.9. The Kier molecular flexibility index (Phi) is 8.61. The van der Waals surface area contributed by atoms with E-state index in [2.05, 4.69) is 5.10 Å². The fraction of sp³-hybridized carbons (Fsp3) is 0.323. The molecule has 40 heavy (non-hydrogen) atoms. The number of carbonyl (C=O) groups is 2. The van der Waals surface area contributed by atoms with E-state index in [1.54, 1.807) is 32.9 Å². The SMILES string of the molecule is CCOC(=O)C(Oc1ccc(CCCC2=NN(c3ccc(C(F)(F)F)cc3)C(=O)C2(C)C)cc1)c1ccccc1. The van der Waals surface area contributed by atoms with E-state index < -0.39 is 29.2 Å². The predicted molar refractivity (Wildman–Crippen MR) is 146 cm³/mol. The molecule has 210 valence electrons. The van der Waals surface area contributed by atoms with Gasteiger partial charge in [-0.15, -0.1) is 0 Å². The van der Waals surface area contributed by atoms with Gasteiger partial charge >= 0.3 is 12.1 Å². The summed E-state index contributed by atoms with van der Waals surface area (Å²) in [5.41, 5.74) is 1.08. The van der Waals surface area contributed by atoms with Crippen LogP contribution in [0.25, 0.3) is 0 Å². The van der Waals surface area contributed by atoms with Gasteiger partial charge in [-0.25, -0.2) is 9.80 Å². The van der Waals surface area contributed by atoms with E-state index in [1.165, 1.54) is 17.1 Å². The summed E-state index contributed by atoms with van der Waals surface area (Å²) < 4.78 is 49.9. The molecule has 3 aromatic carbocycles. The lowest BCUT2D eigenvalue weighted by Gasteiger charge is -2.20. The van der Waals surface area contributed by atoms with Crippen molar-refractivity contribution in [1.82, 2.24) is 0 Å². The molecule has 0 aromatic heterocycles. The lowest BCUT2D eigenvalue weighted by atomic mass is 9.84. The zero-order valence-corrected chi connectivity index (χ0v) is 22.6. The van der Waals surface area contributed by atoms with Gasteiger partial charge < -0.3 is 9.47 Å². The van der Waals surface area contributed by atoms with Gasteiger partial charge in [0.15, 0.2) is 0 Å². The van der Waals surface area contributed by atoms with Crippen LogP contribution in [0.3, 0.4) is 0 Å². The second-order valence-corrected chi connectivity index (χ2v) is 9.99. The maximum Gasteiger partial charge on any atom is 0.416 e. The van der Waals surface area contributed by atoms with Gasteiger partial charge in [0.25, 0.3) is 5.91 Å². The average molecular weight is 553 g/mol. The van der Waals surface area contributed by atoms with Crippen molar-refractivity contribution in [2.75, 3.05) is 11.6 Å². The van der Waals surface area contributed by atoms with Crippen molar-refractivity contribution in [3.8, 4) is 5.75 Å². The predicted octanol–water partition coefficient (Wildman–Crippen LogP) is 7.14. The number of anilines is 1. The van der Waals surface area contributed by atoms with Crippen molar-refractivity contribution in [3.05, 3.63) is 95.6 Å². The number of nitrogens with zero attached hydrogens (tertiary/aromatic N) is 2. The third-order valence-corrected chi connectivity index (χ3v) is 6.77. The minimum Gasteiger partial charge on any atom is -0.474 e. The van der Waals surface area contributed by atoms with Gasteiger partial charge in [0.1, 0.15) is 5.75 Å². The van der Waals surface area contributed by atoms with Crippen LogP contribution in [-0.4, -0.2) is 24.2 Å². The van der Waals surface area contributed by atoms with Crippen molar-refractivity contribution in [2.45, 2.75) is 52.3 Å². The number of hydrogen-bond donors (Lipinski definition) is 0. The number of aryl methyl sites for hydroxylation is 1. The molecule has 0 fully saturated rings. The molecule has 1 aliphatic heterocycles. The van der Waals surface area contributed by atoms with Gasteiger partial charge in [-0.2, -0.15) is 18.3 Å². The largest absolute Gasteiger partial charge is 0.474 e. The highest BCUT2D eigenvalue weighted by Crippen LogP contribution is 2.36. The number of esters is 1. The summed E-state index contributed by atoms with van der Waals surface area (Å²) in [6.07, 6.45) is -3.35. The number of hydrazone groups is 1. The highest BCUT2D eigenvalue weighted by atomic mass is 19.4. The van der Waals surface area contributed by atoms with Crippen LogP contribution in [0.4, 0.5) is 18.9 Å². The van der Waals surface area contributed by atoms with E-state index >= 15 is 0 Å². The molecule has 1 aliphatic rings. The van der Waals surface area contributed by atoms with E-state index in [4.69, 9.17) is 9.47 Å². The molecule has 0 saturated carbocycles. The van der Waals surface area contributed by atoms with Crippen LogP contribution in [0.1, 0.15) is 56.4 Å². The zero-order valence-electron chi connectivity index (χ0n) is 22.6. The Balaban J connectivity index is 1.38. The highest BCUT2D eigenvalue weighted by molar-refractivity contribution is 6.18. The van der Waals surface area contributed by atoms with E-state index in [0.29, 0.717) is 42.0 Å². The van der Waals surface area contributed by atoms with E-state index in [1.807, 2.05) is 42.5 Å². The minimum atomic E-state index is -4.45. The molecule has 6 nitrogen and oxygen atoms in total. The summed E-state index contributed by atoms with van der Waals surface area (Å²) in [4.78, 5) is 25.5. The molecule has 0 N–H and O–H groups in total. The second-order valence-electron chi connectivity index (χ2n) is 9.99. The number of carbonyl (C=O) groups excluding carboxylic acids is 2. The number of hydrogen-bond acceptors (Lipinski definition) is 5. The number of ether oxygens (including phenoxy) is 2. The molecule has 1 amide bonds. The van der Waals surface area contributed by atoms with Crippen molar-refractivity contribution in [2.24, 2.45) is 10.5 Å². The monoisotopic (exact) mass is 552 g/mol. The first-order chi connectivity index (χ1) is 19.0. The summed E-state index contributed by atoms with van der Waals surface area (Å²) >= 11 is 0. The fourth-order valence-corrected chi connectivity index (χ4v) is 4.44. The molecule has 0 radical (unpaired) electrons. The van der Waals surface area contributed by atoms with Crippen molar-refractivity contribution in [1.29, 1.82) is 0 Å². The Morgan fingerprint density at radius 2 is 1.60 bits per heavy atom. The van der Waals surface area contributed by atoms with Crippen LogP contribution in [0.15, 0.2) is 84.0 Å². The Hall–Kier alpha value is -4.14. The zero-order chi connectivity index (χ0) is 28.9. The van der Waals surface area contributed by atoms with Gasteiger partial charge in [-0.1, -0.05) is 42.5 Å². The lowest BCUT2D eigenvalue weighted by Crippen LogP contribution is -2.34. The normalized spacial score (nSPS) is 15.5. The summed E-state index contributed by atoms with van der Waals surface area (Å²) in [6.45, 7) is 5.55. The Morgan fingerprint density at radius 1 is 0.950 bits per heavy atom. The third kappa shape index (κ3) is 6.52. The van der Waals surface area contributed by atoms with E-state index in [0.717, 1.165) is 17.7 Å². The van der Waals surface area contributed by atoms with Crippen LogP contribution in [-0.2, 0) is 26.9 Å². The molecule has 9 heteroatoms. The van der Waals surface area contributed by atoms with Crippen LogP contribution < -0.4 is 9.75 Å². The van der Waals surface area contributed by atoms with Crippen LogP contribution in [0.2, 0.25) is 0 Å². The molecule has 0 bridgehead atoms. The second kappa shape index (κ2) is 11.9. The molecule has 0 spiro atoms. The maximum atomic E-state index is 13.0. The minimum absolute atomic E-state index is 0.250. The Morgan fingerprint density at radius 3 is 2.20 bits per heavy atom. The number of rotatable bonds is 10. The number of alkyl halides is 3. The molecule has 0 saturated heterocycles. The fourth-order valence-electron chi connectivity index (χ4n) is 4.44. The van der Waals surface area contributed by atoms with E-state index in [9.17, 15) is 22.8 Å². The first-order valence-electron chi connectivity index (χ1n) is 13.1. The smallest absolute Gasteiger partial charge is 0.416 e. The molecule has 0 aliphatic carbocycles. The van der Waals surface area contributed by atoms with Gasteiger partial charge in [-0.3, -0.25) is 4.79 Å². The van der Waals surface area contributed by atoms with Crippen molar-refractivity contribution in [3.63, 3.8) is 0 Å². The summed E-state index contributed by atoms with van der Waals surface area (Å²) in [6, 6.07) is 21.0. The average Bonchev–Trinajstić information content (AvgIpc) is 3.16. The summed E-state index contributed by atoms with van der Waals surface area (Å²) in [5.74, 6) is -0.208.